The van der Waals surface area contributed by atoms with Crippen LogP contribution in [-0.2, 0) is 11.3 Å². The van der Waals surface area contributed by atoms with Gasteiger partial charge in [-0.3, -0.25) is 10.1 Å². The van der Waals surface area contributed by atoms with E-state index in [1.807, 2.05) is 24.3 Å². The van der Waals surface area contributed by atoms with Gasteiger partial charge in [0.05, 0.1) is 23.7 Å². The zero-order valence-corrected chi connectivity index (χ0v) is 16.7. The SMILES string of the molecule is O=[N+]([O-])c1ccc(C[n+]2cc(-c3ccc(Cl)cc3)c(N3CCOCC3)s2)cc1. The molecule has 0 atom stereocenters. The van der Waals surface area contributed by atoms with E-state index in [4.69, 9.17) is 16.3 Å². The quantitative estimate of drug-likeness (QED) is 0.356. The van der Waals surface area contributed by atoms with Crippen LogP contribution in [0.4, 0.5) is 10.7 Å². The van der Waals surface area contributed by atoms with Crippen molar-refractivity contribution in [2.45, 2.75) is 6.54 Å². The van der Waals surface area contributed by atoms with Crippen molar-refractivity contribution >= 4 is 33.8 Å². The van der Waals surface area contributed by atoms with E-state index in [1.54, 1.807) is 35.8 Å². The Labute approximate surface area is 171 Å². The van der Waals surface area contributed by atoms with Crippen LogP contribution in [0.2, 0.25) is 5.02 Å². The van der Waals surface area contributed by atoms with Gasteiger partial charge in [0.15, 0.2) is 29.3 Å². The van der Waals surface area contributed by atoms with Crippen molar-refractivity contribution < 1.29 is 13.6 Å². The highest BCUT2D eigenvalue weighted by atomic mass is 35.5. The molecule has 0 saturated carbocycles. The van der Waals surface area contributed by atoms with Gasteiger partial charge in [-0.05, 0) is 29.8 Å². The van der Waals surface area contributed by atoms with Gasteiger partial charge in [-0.25, -0.2) is 0 Å². The first-order valence-electron chi connectivity index (χ1n) is 8.96. The Hall–Kier alpha value is -2.48. The number of nitro benzene ring substituents is 1. The Morgan fingerprint density at radius 1 is 1.11 bits per heavy atom. The molecule has 2 heterocycles. The number of nitro groups is 1. The van der Waals surface area contributed by atoms with Crippen LogP contribution in [0.3, 0.4) is 0 Å². The summed E-state index contributed by atoms with van der Waals surface area (Å²) < 4.78 is 7.66. The van der Waals surface area contributed by atoms with E-state index in [0.29, 0.717) is 11.6 Å². The maximum absolute atomic E-state index is 10.9. The van der Waals surface area contributed by atoms with Crippen LogP contribution in [0.5, 0.6) is 0 Å². The molecule has 144 valence electrons. The summed E-state index contributed by atoms with van der Waals surface area (Å²) in [4.78, 5) is 12.8. The normalized spacial score (nSPS) is 14.2. The van der Waals surface area contributed by atoms with Gasteiger partial charge in [0.1, 0.15) is 0 Å². The van der Waals surface area contributed by atoms with Gasteiger partial charge in [0.2, 0.25) is 0 Å². The maximum atomic E-state index is 10.9. The molecule has 0 bridgehead atoms. The second-order valence-corrected chi connectivity index (χ2v) is 8.02. The topological polar surface area (TPSA) is 59.5 Å². The lowest BCUT2D eigenvalue weighted by Gasteiger charge is -2.26. The average Bonchev–Trinajstić information content (AvgIpc) is 3.13. The van der Waals surface area contributed by atoms with Crippen LogP contribution in [0.25, 0.3) is 11.1 Å². The van der Waals surface area contributed by atoms with Crippen molar-refractivity contribution in [1.29, 1.82) is 0 Å². The van der Waals surface area contributed by atoms with E-state index in [-0.39, 0.29) is 10.6 Å². The van der Waals surface area contributed by atoms with E-state index in [1.165, 1.54) is 5.00 Å². The minimum Gasteiger partial charge on any atom is -0.378 e. The van der Waals surface area contributed by atoms with Gasteiger partial charge in [-0.2, -0.15) is 0 Å². The molecule has 6 nitrogen and oxygen atoms in total. The molecule has 28 heavy (non-hydrogen) atoms. The summed E-state index contributed by atoms with van der Waals surface area (Å²) in [7, 11) is 0. The predicted octanol–water partition coefficient (Wildman–Crippen LogP) is 4.15. The molecule has 3 aromatic rings. The van der Waals surface area contributed by atoms with Crippen LogP contribution >= 0.6 is 23.1 Å². The summed E-state index contributed by atoms with van der Waals surface area (Å²) in [6, 6.07) is 14.6. The van der Waals surface area contributed by atoms with Gasteiger partial charge < -0.3 is 9.64 Å². The highest BCUT2D eigenvalue weighted by molar-refractivity contribution is 7.07. The third-order valence-corrected chi connectivity index (χ3v) is 6.02. The minimum atomic E-state index is -0.378. The summed E-state index contributed by atoms with van der Waals surface area (Å²) in [5.74, 6) is 0. The summed E-state index contributed by atoms with van der Waals surface area (Å²) in [5.41, 5.74) is 3.40. The standard InChI is InChI=1S/C20H19ClN3O3S/c21-17-5-3-16(4-6-17)19-14-23(28-20(19)22-9-11-27-12-10-22)13-15-1-7-18(8-2-15)24(25)26/h1-8,14H,9-13H2/q+1. The molecule has 1 aromatic heterocycles. The molecule has 0 N–H and O–H groups in total. The van der Waals surface area contributed by atoms with E-state index in [2.05, 4.69) is 15.1 Å². The first-order chi connectivity index (χ1) is 13.6. The molecule has 1 aliphatic rings. The summed E-state index contributed by atoms with van der Waals surface area (Å²) in [6.07, 6.45) is 2.14. The van der Waals surface area contributed by atoms with Crippen molar-refractivity contribution in [3.63, 3.8) is 0 Å². The van der Waals surface area contributed by atoms with Gasteiger partial charge in [0, 0.05) is 35.8 Å². The Morgan fingerprint density at radius 2 is 1.79 bits per heavy atom. The number of morpholine rings is 1. The fourth-order valence-electron chi connectivity index (χ4n) is 3.19. The van der Waals surface area contributed by atoms with E-state index in [0.717, 1.165) is 43.0 Å². The average molecular weight is 417 g/mol. The third-order valence-electron chi connectivity index (χ3n) is 4.65. The number of nitrogens with zero attached hydrogens (tertiary/aromatic N) is 3. The highest BCUT2D eigenvalue weighted by Crippen LogP contribution is 2.34. The third kappa shape index (κ3) is 4.16. The number of hydrogen-bond acceptors (Lipinski definition) is 5. The monoisotopic (exact) mass is 416 g/mol. The lowest BCUT2D eigenvalue weighted by Crippen LogP contribution is -2.36. The molecule has 1 saturated heterocycles. The van der Waals surface area contributed by atoms with Crippen LogP contribution < -0.4 is 8.86 Å². The van der Waals surface area contributed by atoms with Crippen LogP contribution in [0.1, 0.15) is 5.56 Å². The van der Waals surface area contributed by atoms with Crippen molar-refractivity contribution in [3.8, 4) is 11.1 Å². The van der Waals surface area contributed by atoms with Crippen LogP contribution in [0.15, 0.2) is 54.7 Å². The molecule has 1 aliphatic heterocycles. The molecule has 4 rings (SSSR count). The van der Waals surface area contributed by atoms with Gasteiger partial charge in [0.25, 0.3) is 5.69 Å². The number of hydrogen-bond donors (Lipinski definition) is 0. The fourth-order valence-corrected chi connectivity index (χ4v) is 4.48. The lowest BCUT2D eigenvalue weighted by atomic mass is 10.1. The summed E-state index contributed by atoms with van der Waals surface area (Å²) in [6.45, 7) is 3.82. The smallest absolute Gasteiger partial charge is 0.269 e. The molecule has 0 unspecified atom stereocenters. The minimum absolute atomic E-state index is 0.107. The van der Waals surface area contributed by atoms with Gasteiger partial charge >= 0.3 is 0 Å². The maximum Gasteiger partial charge on any atom is 0.269 e. The number of halogens is 1. The second kappa shape index (κ2) is 8.26. The number of rotatable bonds is 5. The van der Waals surface area contributed by atoms with E-state index in [9.17, 15) is 10.1 Å². The Bertz CT molecular complexity index is 967. The Morgan fingerprint density at radius 3 is 2.43 bits per heavy atom. The van der Waals surface area contributed by atoms with Crippen molar-refractivity contribution in [1.82, 2.24) is 0 Å². The van der Waals surface area contributed by atoms with Gasteiger partial charge in [-0.1, -0.05) is 23.7 Å². The number of anilines is 1. The predicted molar refractivity (Wildman–Crippen MR) is 110 cm³/mol. The molecule has 2 aromatic carbocycles. The zero-order chi connectivity index (χ0) is 19.5. The highest BCUT2D eigenvalue weighted by Gasteiger charge is 2.25. The van der Waals surface area contributed by atoms with Crippen molar-refractivity contribution in [2.24, 2.45) is 0 Å². The van der Waals surface area contributed by atoms with Crippen molar-refractivity contribution in [2.75, 3.05) is 31.2 Å². The van der Waals surface area contributed by atoms with E-state index >= 15 is 0 Å². The summed E-state index contributed by atoms with van der Waals surface area (Å²) in [5, 5.41) is 12.8. The number of non-ortho nitro benzene ring substituents is 1. The number of benzene rings is 2. The molecular weight excluding hydrogens is 398 g/mol. The van der Waals surface area contributed by atoms with Crippen LogP contribution in [-0.4, -0.2) is 31.2 Å². The number of aromatic nitrogens is 1. The molecule has 0 amide bonds. The molecule has 0 radical (unpaired) electrons. The number of ether oxygens (including phenoxy) is 1. The Balaban J connectivity index is 1.65. The van der Waals surface area contributed by atoms with E-state index < -0.39 is 0 Å². The molecule has 0 spiro atoms. The fraction of sp³-hybridized carbons (Fsp3) is 0.250. The zero-order valence-electron chi connectivity index (χ0n) is 15.1. The first-order valence-corrected chi connectivity index (χ1v) is 10.1. The first kappa shape index (κ1) is 18.9. The molecular formula is C20H19ClN3O3S+. The summed E-state index contributed by atoms with van der Waals surface area (Å²) >= 11 is 7.75. The molecule has 8 heteroatoms. The van der Waals surface area contributed by atoms with Crippen molar-refractivity contribution in [3.05, 3.63) is 75.4 Å². The van der Waals surface area contributed by atoms with Gasteiger partial charge in [-0.15, -0.1) is 3.96 Å². The lowest BCUT2D eigenvalue weighted by molar-refractivity contribution is -0.618. The Kier molecular flexibility index (Phi) is 5.57. The molecule has 0 aliphatic carbocycles. The van der Waals surface area contributed by atoms with Crippen LogP contribution in [0, 0.1) is 10.1 Å². The molecule has 1 fully saturated rings. The second-order valence-electron chi connectivity index (χ2n) is 6.54. The largest absolute Gasteiger partial charge is 0.378 e.